The summed E-state index contributed by atoms with van der Waals surface area (Å²) >= 11 is 0. The van der Waals surface area contributed by atoms with Gasteiger partial charge in [-0.3, -0.25) is 9.36 Å². The third-order valence-electron chi connectivity index (χ3n) is 3.81. The number of esters is 1. The van der Waals surface area contributed by atoms with E-state index in [0.717, 1.165) is 0 Å². The van der Waals surface area contributed by atoms with E-state index >= 15 is 0 Å². The lowest BCUT2D eigenvalue weighted by Gasteiger charge is -2.12. The van der Waals surface area contributed by atoms with Gasteiger partial charge >= 0.3 is 5.97 Å². The van der Waals surface area contributed by atoms with Crippen LogP contribution in [0.5, 0.6) is 5.75 Å². The molecular weight excluding hydrogens is 318 g/mol. The Hall–Kier alpha value is -3.30. The summed E-state index contributed by atoms with van der Waals surface area (Å²) in [6, 6.07) is 8.74. The second-order valence-corrected chi connectivity index (χ2v) is 5.28. The van der Waals surface area contributed by atoms with Gasteiger partial charge in [0.25, 0.3) is 5.56 Å². The standard InChI is InChI=1S/C20H17NO4/c1-3-25-20(23)18-17(14-6-4-5-7-14)12-13-21(19(18)22)15-8-10-16(24-2)11-9-15/h4-6,8-13H,3H2,1-2H3. The third kappa shape index (κ3) is 3.18. The Labute approximate surface area is 145 Å². The van der Waals surface area contributed by atoms with Crippen LogP contribution in [0.2, 0.25) is 0 Å². The lowest BCUT2D eigenvalue weighted by molar-refractivity contribution is 0.0523. The molecule has 0 radical (unpaired) electrons. The summed E-state index contributed by atoms with van der Waals surface area (Å²) in [5.41, 5.74) is 4.42. The molecule has 0 bridgehead atoms. The summed E-state index contributed by atoms with van der Waals surface area (Å²) in [7, 11) is 1.57. The number of pyridine rings is 1. The summed E-state index contributed by atoms with van der Waals surface area (Å²) < 4.78 is 11.6. The van der Waals surface area contributed by atoms with Crippen molar-refractivity contribution in [3.05, 3.63) is 82.0 Å². The normalized spacial score (nSPS) is 12.2. The van der Waals surface area contributed by atoms with E-state index in [9.17, 15) is 9.59 Å². The predicted molar refractivity (Wildman–Crippen MR) is 95.2 cm³/mol. The second kappa shape index (κ2) is 7.07. The minimum Gasteiger partial charge on any atom is -0.497 e. The Bertz CT molecular complexity index is 958. The number of allylic oxidation sites excluding steroid dienone is 3. The summed E-state index contributed by atoms with van der Waals surface area (Å²) in [6.07, 6.45) is 6.98. The molecule has 0 saturated carbocycles. The van der Waals surface area contributed by atoms with Gasteiger partial charge in [0.05, 0.1) is 13.7 Å². The molecule has 126 valence electrons. The molecule has 0 unspecified atom stereocenters. The molecule has 1 aromatic carbocycles. The van der Waals surface area contributed by atoms with Crippen LogP contribution in [-0.4, -0.2) is 24.3 Å². The van der Waals surface area contributed by atoms with Crippen molar-refractivity contribution in [2.24, 2.45) is 0 Å². The van der Waals surface area contributed by atoms with Crippen LogP contribution in [0.25, 0.3) is 11.3 Å². The first-order chi connectivity index (χ1) is 12.2. The number of carbonyl (C=O) groups is 1. The van der Waals surface area contributed by atoms with E-state index in [1.54, 1.807) is 68.8 Å². The van der Waals surface area contributed by atoms with Gasteiger partial charge in [0.1, 0.15) is 11.3 Å². The highest BCUT2D eigenvalue weighted by molar-refractivity contribution is 5.96. The van der Waals surface area contributed by atoms with E-state index in [1.165, 1.54) is 4.57 Å². The number of rotatable bonds is 5. The van der Waals surface area contributed by atoms with Crippen LogP contribution in [-0.2, 0) is 4.74 Å². The van der Waals surface area contributed by atoms with Gasteiger partial charge in [-0.15, -0.1) is 5.73 Å². The maximum Gasteiger partial charge on any atom is 0.344 e. The van der Waals surface area contributed by atoms with Crippen molar-refractivity contribution >= 4 is 11.5 Å². The number of hydrogen-bond donors (Lipinski definition) is 0. The Morgan fingerprint density at radius 3 is 2.56 bits per heavy atom. The molecule has 0 spiro atoms. The van der Waals surface area contributed by atoms with Crippen LogP contribution in [0.4, 0.5) is 0 Å². The molecule has 0 aliphatic heterocycles. The van der Waals surface area contributed by atoms with Gasteiger partial charge < -0.3 is 9.47 Å². The lowest BCUT2D eigenvalue weighted by atomic mass is 10.0. The smallest absolute Gasteiger partial charge is 0.344 e. The Kier molecular flexibility index (Phi) is 4.68. The van der Waals surface area contributed by atoms with E-state index in [-0.39, 0.29) is 12.2 Å². The number of ether oxygens (including phenoxy) is 2. The third-order valence-corrected chi connectivity index (χ3v) is 3.81. The van der Waals surface area contributed by atoms with Crippen LogP contribution in [0.1, 0.15) is 22.8 Å². The largest absolute Gasteiger partial charge is 0.497 e. The maximum atomic E-state index is 13.0. The average Bonchev–Trinajstić information content (AvgIpc) is 3.16. The zero-order valence-corrected chi connectivity index (χ0v) is 14.0. The van der Waals surface area contributed by atoms with Gasteiger partial charge in [0.2, 0.25) is 0 Å². The van der Waals surface area contributed by atoms with Crippen molar-refractivity contribution in [2.45, 2.75) is 6.92 Å². The first-order valence-electron chi connectivity index (χ1n) is 7.86. The van der Waals surface area contributed by atoms with Crippen LogP contribution in [0, 0.1) is 0 Å². The van der Waals surface area contributed by atoms with Gasteiger partial charge in [-0.05, 0) is 49.4 Å². The summed E-state index contributed by atoms with van der Waals surface area (Å²) in [6.45, 7) is 1.90. The molecule has 1 aliphatic carbocycles. The van der Waals surface area contributed by atoms with Gasteiger partial charge in [0.15, 0.2) is 0 Å². The zero-order chi connectivity index (χ0) is 17.8. The molecule has 2 aromatic rings. The number of hydrogen-bond acceptors (Lipinski definition) is 4. The van der Waals surface area contributed by atoms with Gasteiger partial charge in [-0.2, -0.15) is 0 Å². The van der Waals surface area contributed by atoms with Crippen LogP contribution in [0.3, 0.4) is 0 Å². The Morgan fingerprint density at radius 2 is 1.96 bits per heavy atom. The highest BCUT2D eigenvalue weighted by atomic mass is 16.5. The molecule has 25 heavy (non-hydrogen) atoms. The number of benzene rings is 1. The van der Waals surface area contributed by atoms with E-state index in [2.05, 4.69) is 5.73 Å². The lowest BCUT2D eigenvalue weighted by Crippen LogP contribution is -2.27. The van der Waals surface area contributed by atoms with Crippen LogP contribution < -0.4 is 10.3 Å². The molecule has 0 amide bonds. The SMILES string of the molecule is CCOC(=O)c1c(C2=C=CC=C2)ccn(-c2ccc(OC)cc2)c1=O. The zero-order valence-electron chi connectivity index (χ0n) is 14.0. The second-order valence-electron chi connectivity index (χ2n) is 5.28. The topological polar surface area (TPSA) is 57.5 Å². The Morgan fingerprint density at radius 1 is 1.20 bits per heavy atom. The van der Waals surface area contributed by atoms with Gasteiger partial charge in [-0.25, -0.2) is 4.79 Å². The summed E-state index contributed by atoms with van der Waals surface area (Å²) in [5.74, 6) is 0.0467. The molecule has 5 heteroatoms. The molecule has 1 heterocycles. The first kappa shape index (κ1) is 16.6. The van der Waals surface area contributed by atoms with E-state index in [4.69, 9.17) is 9.47 Å². The van der Waals surface area contributed by atoms with Crippen LogP contribution >= 0.6 is 0 Å². The van der Waals surface area contributed by atoms with Crippen molar-refractivity contribution < 1.29 is 14.3 Å². The van der Waals surface area contributed by atoms with E-state index < -0.39 is 11.5 Å². The van der Waals surface area contributed by atoms with Gasteiger partial charge in [-0.1, -0.05) is 6.08 Å². The summed E-state index contributed by atoms with van der Waals surface area (Å²) in [4.78, 5) is 25.4. The van der Waals surface area contributed by atoms with Crippen molar-refractivity contribution in [3.63, 3.8) is 0 Å². The Balaban J connectivity index is 2.17. The quantitative estimate of drug-likeness (QED) is 0.622. The number of methoxy groups -OCH3 is 1. The fourth-order valence-electron chi connectivity index (χ4n) is 2.60. The fraction of sp³-hybridized carbons (Fsp3) is 0.150. The van der Waals surface area contributed by atoms with E-state index in [1.807, 2.05) is 0 Å². The molecule has 0 atom stereocenters. The van der Waals surface area contributed by atoms with Crippen LogP contribution in [0.15, 0.2) is 65.3 Å². The van der Waals surface area contributed by atoms with Crippen molar-refractivity contribution in [1.82, 2.24) is 4.57 Å². The predicted octanol–water partition coefficient (Wildman–Crippen LogP) is 3.13. The molecule has 3 rings (SSSR count). The number of aromatic nitrogens is 1. The van der Waals surface area contributed by atoms with Gasteiger partial charge in [0, 0.05) is 23.0 Å². The van der Waals surface area contributed by atoms with Crippen molar-refractivity contribution in [1.29, 1.82) is 0 Å². The molecular formula is C20H17NO4. The fourth-order valence-corrected chi connectivity index (χ4v) is 2.60. The first-order valence-corrected chi connectivity index (χ1v) is 7.86. The molecule has 0 saturated heterocycles. The van der Waals surface area contributed by atoms with E-state index in [0.29, 0.717) is 22.6 Å². The molecule has 1 aromatic heterocycles. The molecule has 0 N–H and O–H groups in total. The average molecular weight is 335 g/mol. The molecule has 1 aliphatic rings. The number of carbonyl (C=O) groups excluding carboxylic acids is 1. The summed E-state index contributed by atoms with van der Waals surface area (Å²) in [5, 5.41) is 0. The highest BCUT2D eigenvalue weighted by Crippen LogP contribution is 2.22. The number of nitrogens with zero attached hydrogens (tertiary/aromatic N) is 1. The van der Waals surface area contributed by atoms with Crippen molar-refractivity contribution in [2.75, 3.05) is 13.7 Å². The molecule has 0 fully saturated rings. The van der Waals surface area contributed by atoms with Crippen molar-refractivity contribution in [3.8, 4) is 11.4 Å². The monoisotopic (exact) mass is 335 g/mol. The molecule has 5 nitrogen and oxygen atoms in total. The minimum atomic E-state index is -0.639. The minimum absolute atomic E-state index is 0.00242. The maximum absolute atomic E-state index is 13.0. The highest BCUT2D eigenvalue weighted by Gasteiger charge is 2.21.